The van der Waals surface area contributed by atoms with Gasteiger partial charge in [-0.2, -0.15) is 0 Å². The van der Waals surface area contributed by atoms with E-state index >= 15 is 0 Å². The predicted molar refractivity (Wildman–Crippen MR) is 65.4 cm³/mol. The largest absolute Gasteiger partial charge is 0.370 e. The molecule has 3 nitrogen and oxygen atoms in total. The van der Waals surface area contributed by atoms with Crippen molar-refractivity contribution in [2.75, 3.05) is 11.4 Å². The van der Waals surface area contributed by atoms with E-state index in [2.05, 4.69) is 30.0 Å². The quantitative estimate of drug-likeness (QED) is 0.839. The molecule has 0 saturated heterocycles. The van der Waals surface area contributed by atoms with Crippen LogP contribution in [0.1, 0.15) is 25.3 Å². The maximum atomic E-state index is 11.0. The molecule has 0 bridgehead atoms. The minimum atomic E-state index is -0.226. The molecule has 0 radical (unpaired) electrons. The van der Waals surface area contributed by atoms with Crippen molar-refractivity contribution < 1.29 is 4.79 Å². The highest BCUT2D eigenvalue weighted by Gasteiger charge is 2.21. The van der Waals surface area contributed by atoms with Gasteiger partial charge >= 0.3 is 0 Å². The second-order valence-electron chi connectivity index (χ2n) is 4.45. The number of rotatable bonds is 3. The van der Waals surface area contributed by atoms with Gasteiger partial charge in [0, 0.05) is 24.7 Å². The molecule has 1 atom stereocenters. The van der Waals surface area contributed by atoms with Crippen LogP contribution in [0, 0.1) is 0 Å². The minimum absolute atomic E-state index is 0.193. The third-order valence-electron chi connectivity index (χ3n) is 3.17. The molecule has 0 aromatic heterocycles. The maximum absolute atomic E-state index is 11.0. The molecule has 0 spiro atoms. The highest BCUT2D eigenvalue weighted by Crippen LogP contribution is 2.28. The average molecular weight is 218 g/mol. The molecule has 3 heteroatoms. The molecular weight excluding hydrogens is 200 g/mol. The molecular formula is C13H18N2O. The van der Waals surface area contributed by atoms with E-state index in [0.29, 0.717) is 6.42 Å². The Labute approximate surface area is 96.2 Å². The van der Waals surface area contributed by atoms with Crippen LogP contribution in [-0.2, 0) is 11.2 Å². The lowest BCUT2D eigenvalue weighted by Gasteiger charge is -2.35. The number of nitrogens with two attached hydrogens (primary N) is 1. The molecule has 16 heavy (non-hydrogen) atoms. The molecule has 2 N–H and O–H groups in total. The number of fused-ring (bicyclic) bond motifs is 1. The number of benzene rings is 1. The number of carbonyl (C=O) groups excluding carboxylic acids is 1. The van der Waals surface area contributed by atoms with Gasteiger partial charge in [0.25, 0.3) is 0 Å². The van der Waals surface area contributed by atoms with Crippen LogP contribution in [0.15, 0.2) is 24.3 Å². The maximum Gasteiger partial charge on any atom is 0.219 e. The fourth-order valence-corrected chi connectivity index (χ4v) is 2.42. The van der Waals surface area contributed by atoms with Crippen molar-refractivity contribution in [1.29, 1.82) is 0 Å². The van der Waals surface area contributed by atoms with Crippen LogP contribution < -0.4 is 10.6 Å². The summed E-state index contributed by atoms with van der Waals surface area (Å²) in [5, 5.41) is 0. The lowest BCUT2D eigenvalue weighted by atomic mass is 9.99. The second-order valence-corrected chi connectivity index (χ2v) is 4.45. The van der Waals surface area contributed by atoms with Crippen molar-refractivity contribution in [2.24, 2.45) is 5.73 Å². The van der Waals surface area contributed by atoms with Gasteiger partial charge in [0.05, 0.1) is 0 Å². The first-order valence-electron chi connectivity index (χ1n) is 5.81. The van der Waals surface area contributed by atoms with Crippen LogP contribution in [0.25, 0.3) is 0 Å². The molecule has 0 aliphatic carbocycles. The Balaban J connectivity index is 2.21. The van der Waals surface area contributed by atoms with Gasteiger partial charge in [0.2, 0.25) is 5.91 Å². The van der Waals surface area contributed by atoms with Crippen LogP contribution in [0.4, 0.5) is 5.69 Å². The van der Waals surface area contributed by atoms with Crippen LogP contribution in [0.2, 0.25) is 0 Å². The monoisotopic (exact) mass is 218 g/mol. The van der Waals surface area contributed by atoms with Crippen LogP contribution in [-0.4, -0.2) is 18.5 Å². The summed E-state index contributed by atoms with van der Waals surface area (Å²) >= 11 is 0. The van der Waals surface area contributed by atoms with E-state index < -0.39 is 0 Å². The van der Waals surface area contributed by atoms with Gasteiger partial charge < -0.3 is 10.6 Å². The number of hydrogen-bond donors (Lipinski definition) is 1. The SMILES string of the molecule is CC(CC(N)=O)N1CCCc2ccccc21. The number of aryl methyl sites for hydroxylation is 1. The van der Waals surface area contributed by atoms with Gasteiger partial charge in [-0.05, 0) is 31.4 Å². The van der Waals surface area contributed by atoms with E-state index in [1.807, 2.05) is 6.07 Å². The van der Waals surface area contributed by atoms with Gasteiger partial charge in [0.15, 0.2) is 0 Å². The number of carbonyl (C=O) groups is 1. The number of primary amides is 1. The molecule has 1 aromatic carbocycles. The van der Waals surface area contributed by atoms with E-state index in [-0.39, 0.29) is 11.9 Å². The molecule has 2 rings (SSSR count). The molecule has 1 aliphatic heterocycles. The van der Waals surface area contributed by atoms with Crippen molar-refractivity contribution in [3.63, 3.8) is 0 Å². The molecule has 1 aliphatic rings. The van der Waals surface area contributed by atoms with Gasteiger partial charge in [0.1, 0.15) is 0 Å². The number of anilines is 1. The Morgan fingerprint density at radius 1 is 1.50 bits per heavy atom. The fraction of sp³-hybridized carbons (Fsp3) is 0.462. The van der Waals surface area contributed by atoms with Crippen molar-refractivity contribution in [3.8, 4) is 0 Å². The summed E-state index contributed by atoms with van der Waals surface area (Å²) < 4.78 is 0. The van der Waals surface area contributed by atoms with Crippen LogP contribution >= 0.6 is 0 Å². The van der Waals surface area contributed by atoms with Crippen molar-refractivity contribution in [1.82, 2.24) is 0 Å². The Morgan fingerprint density at radius 3 is 3.00 bits per heavy atom. The zero-order valence-electron chi connectivity index (χ0n) is 9.65. The van der Waals surface area contributed by atoms with Crippen molar-refractivity contribution in [3.05, 3.63) is 29.8 Å². The first-order chi connectivity index (χ1) is 7.68. The first kappa shape index (κ1) is 11.0. The van der Waals surface area contributed by atoms with E-state index in [4.69, 9.17) is 5.73 Å². The smallest absolute Gasteiger partial charge is 0.219 e. The van der Waals surface area contributed by atoms with E-state index in [1.54, 1.807) is 0 Å². The number of para-hydroxylation sites is 1. The summed E-state index contributed by atoms with van der Waals surface area (Å²) in [6, 6.07) is 8.61. The van der Waals surface area contributed by atoms with Crippen molar-refractivity contribution in [2.45, 2.75) is 32.2 Å². The molecule has 1 aromatic rings. The minimum Gasteiger partial charge on any atom is -0.370 e. The van der Waals surface area contributed by atoms with Gasteiger partial charge in [-0.15, -0.1) is 0 Å². The normalized spacial score (nSPS) is 16.7. The standard InChI is InChI=1S/C13H18N2O/c1-10(9-13(14)16)15-8-4-6-11-5-2-3-7-12(11)15/h2-3,5,7,10H,4,6,8-9H2,1H3,(H2,14,16). The summed E-state index contributed by atoms with van der Waals surface area (Å²) in [5.41, 5.74) is 7.90. The third kappa shape index (κ3) is 2.18. The fourth-order valence-electron chi connectivity index (χ4n) is 2.42. The van der Waals surface area contributed by atoms with E-state index in [1.165, 1.54) is 11.3 Å². The topological polar surface area (TPSA) is 46.3 Å². The summed E-state index contributed by atoms with van der Waals surface area (Å²) in [6.45, 7) is 3.08. The Kier molecular flexibility index (Phi) is 3.13. The van der Waals surface area contributed by atoms with E-state index in [0.717, 1.165) is 19.4 Å². The van der Waals surface area contributed by atoms with Crippen LogP contribution in [0.3, 0.4) is 0 Å². The molecule has 0 fully saturated rings. The Hall–Kier alpha value is -1.51. The Morgan fingerprint density at radius 2 is 2.25 bits per heavy atom. The summed E-state index contributed by atoms with van der Waals surface area (Å²) in [4.78, 5) is 13.3. The second kappa shape index (κ2) is 4.56. The molecule has 1 heterocycles. The van der Waals surface area contributed by atoms with Crippen molar-refractivity contribution >= 4 is 11.6 Å². The first-order valence-corrected chi connectivity index (χ1v) is 5.81. The predicted octanol–water partition coefficient (Wildman–Crippen LogP) is 1.70. The van der Waals surface area contributed by atoms with Gasteiger partial charge in [-0.1, -0.05) is 18.2 Å². The lowest BCUT2D eigenvalue weighted by Crippen LogP contribution is -2.39. The van der Waals surface area contributed by atoms with Crippen LogP contribution in [0.5, 0.6) is 0 Å². The highest BCUT2D eigenvalue weighted by molar-refractivity contribution is 5.75. The summed E-state index contributed by atoms with van der Waals surface area (Å²) in [5.74, 6) is -0.226. The Bertz CT molecular complexity index is 389. The highest BCUT2D eigenvalue weighted by atomic mass is 16.1. The molecule has 1 unspecified atom stereocenters. The third-order valence-corrected chi connectivity index (χ3v) is 3.17. The number of hydrogen-bond acceptors (Lipinski definition) is 2. The van der Waals surface area contributed by atoms with Gasteiger partial charge in [-0.3, -0.25) is 4.79 Å². The number of nitrogens with zero attached hydrogens (tertiary/aromatic N) is 1. The average Bonchev–Trinajstić information content (AvgIpc) is 2.27. The molecule has 0 saturated carbocycles. The summed E-state index contributed by atoms with van der Waals surface area (Å²) in [7, 11) is 0. The zero-order chi connectivity index (χ0) is 11.5. The van der Waals surface area contributed by atoms with E-state index in [9.17, 15) is 4.79 Å². The summed E-state index contributed by atoms with van der Waals surface area (Å²) in [6.07, 6.45) is 2.71. The van der Waals surface area contributed by atoms with Gasteiger partial charge in [-0.25, -0.2) is 0 Å². The lowest BCUT2D eigenvalue weighted by molar-refractivity contribution is -0.118. The number of amides is 1. The molecule has 86 valence electrons. The molecule has 1 amide bonds. The zero-order valence-corrected chi connectivity index (χ0v) is 9.65.